The summed E-state index contributed by atoms with van der Waals surface area (Å²) in [6.45, 7) is 2.64. The number of nitrogens with one attached hydrogen (secondary N) is 2. The lowest BCUT2D eigenvalue weighted by atomic mass is 10.2. The van der Waals surface area contributed by atoms with E-state index in [1.807, 2.05) is 43.3 Å². The molecule has 5 nitrogen and oxygen atoms in total. The summed E-state index contributed by atoms with van der Waals surface area (Å²) in [5.74, 6) is 0.565. The minimum absolute atomic E-state index is 0.205. The Hall–Kier alpha value is -2.82. The van der Waals surface area contributed by atoms with Crippen LogP contribution in [0.5, 0.6) is 11.5 Å². The molecule has 2 aromatic rings. The van der Waals surface area contributed by atoms with E-state index < -0.39 is 0 Å². The van der Waals surface area contributed by atoms with Gasteiger partial charge in [0.25, 0.3) is 0 Å². The highest BCUT2D eigenvalue weighted by Crippen LogP contribution is 2.29. The second-order valence-electron chi connectivity index (χ2n) is 5.34. The van der Waals surface area contributed by atoms with Crippen LogP contribution in [0.2, 0.25) is 0 Å². The molecule has 0 bridgehead atoms. The second-order valence-corrected chi connectivity index (χ2v) is 5.34. The first-order valence-electron chi connectivity index (χ1n) is 8.07. The number of carbonyl (C=O) groups excluding carboxylic acids is 2. The summed E-state index contributed by atoms with van der Waals surface area (Å²) in [4.78, 5) is 23.7. The number of amides is 2. The quantitative estimate of drug-likeness (QED) is 0.574. The third-order valence-corrected chi connectivity index (χ3v) is 3.31. The molecule has 2 amide bonds. The largest absolute Gasteiger partial charge is 0.455 e. The lowest BCUT2D eigenvalue weighted by Crippen LogP contribution is -2.28. The predicted octanol–water partition coefficient (Wildman–Crippen LogP) is 3.72. The van der Waals surface area contributed by atoms with Crippen LogP contribution in [0.15, 0.2) is 54.6 Å². The SMILES string of the molecule is CCCCNC(=O)CC(=O)Nc1ccccc1Oc1ccccc1. The summed E-state index contributed by atoms with van der Waals surface area (Å²) in [5.41, 5.74) is 0.535. The highest BCUT2D eigenvalue weighted by Gasteiger charge is 2.12. The van der Waals surface area contributed by atoms with Crippen molar-refractivity contribution >= 4 is 17.5 Å². The number of anilines is 1. The van der Waals surface area contributed by atoms with Crippen molar-refractivity contribution in [1.82, 2.24) is 5.32 Å². The van der Waals surface area contributed by atoms with E-state index in [0.29, 0.717) is 23.7 Å². The number of hydrogen-bond donors (Lipinski definition) is 2. The Morgan fingerprint density at radius 2 is 1.67 bits per heavy atom. The van der Waals surface area contributed by atoms with Gasteiger partial charge in [0.1, 0.15) is 12.2 Å². The number of benzene rings is 2. The topological polar surface area (TPSA) is 67.4 Å². The standard InChI is InChI=1S/C19H22N2O3/c1-2-3-13-20-18(22)14-19(23)21-16-11-7-8-12-17(16)24-15-9-5-4-6-10-15/h4-12H,2-3,13-14H2,1H3,(H,20,22)(H,21,23). The van der Waals surface area contributed by atoms with Gasteiger partial charge in [-0.3, -0.25) is 9.59 Å². The summed E-state index contributed by atoms with van der Waals surface area (Å²) >= 11 is 0. The van der Waals surface area contributed by atoms with Crippen LogP contribution in [0, 0.1) is 0 Å². The zero-order valence-electron chi connectivity index (χ0n) is 13.7. The number of ether oxygens (including phenoxy) is 1. The molecule has 0 spiro atoms. The van der Waals surface area contributed by atoms with E-state index in [-0.39, 0.29) is 18.2 Å². The van der Waals surface area contributed by atoms with Crippen LogP contribution < -0.4 is 15.4 Å². The summed E-state index contributed by atoms with van der Waals surface area (Å²) < 4.78 is 5.78. The second kappa shape index (κ2) is 9.35. The maximum Gasteiger partial charge on any atom is 0.233 e. The van der Waals surface area contributed by atoms with Crippen molar-refractivity contribution in [3.8, 4) is 11.5 Å². The van der Waals surface area contributed by atoms with Gasteiger partial charge in [-0.25, -0.2) is 0 Å². The first-order chi connectivity index (χ1) is 11.7. The van der Waals surface area contributed by atoms with Crippen LogP contribution >= 0.6 is 0 Å². The van der Waals surface area contributed by atoms with Crippen molar-refractivity contribution in [3.05, 3.63) is 54.6 Å². The Morgan fingerprint density at radius 1 is 0.958 bits per heavy atom. The molecular formula is C19H22N2O3. The van der Waals surface area contributed by atoms with Crippen molar-refractivity contribution < 1.29 is 14.3 Å². The normalized spacial score (nSPS) is 10.0. The van der Waals surface area contributed by atoms with Gasteiger partial charge in [0, 0.05) is 6.54 Å². The van der Waals surface area contributed by atoms with Crippen LogP contribution in [-0.4, -0.2) is 18.4 Å². The van der Waals surface area contributed by atoms with E-state index in [9.17, 15) is 9.59 Å². The van der Waals surface area contributed by atoms with Gasteiger partial charge < -0.3 is 15.4 Å². The molecule has 0 aliphatic heterocycles. The van der Waals surface area contributed by atoms with Crippen LogP contribution in [0.1, 0.15) is 26.2 Å². The Balaban J connectivity index is 1.94. The van der Waals surface area contributed by atoms with Gasteiger partial charge in [0.05, 0.1) is 5.69 Å². The molecule has 24 heavy (non-hydrogen) atoms. The molecule has 2 aromatic carbocycles. The average molecular weight is 326 g/mol. The van der Waals surface area contributed by atoms with Crippen molar-refractivity contribution in [2.45, 2.75) is 26.2 Å². The predicted molar refractivity (Wildman–Crippen MR) is 94.1 cm³/mol. The van der Waals surface area contributed by atoms with Crippen LogP contribution in [0.25, 0.3) is 0 Å². The van der Waals surface area contributed by atoms with E-state index in [1.54, 1.807) is 18.2 Å². The Kier molecular flexibility index (Phi) is 6.83. The van der Waals surface area contributed by atoms with Gasteiger partial charge >= 0.3 is 0 Å². The van der Waals surface area contributed by atoms with Crippen molar-refractivity contribution in [3.63, 3.8) is 0 Å². The fourth-order valence-electron chi connectivity index (χ4n) is 2.08. The number of hydrogen-bond acceptors (Lipinski definition) is 3. The fourth-order valence-corrected chi connectivity index (χ4v) is 2.08. The van der Waals surface area contributed by atoms with Gasteiger partial charge in [-0.15, -0.1) is 0 Å². The van der Waals surface area contributed by atoms with Crippen molar-refractivity contribution in [2.24, 2.45) is 0 Å². The highest BCUT2D eigenvalue weighted by atomic mass is 16.5. The summed E-state index contributed by atoms with van der Waals surface area (Å²) in [5, 5.41) is 5.45. The molecular weight excluding hydrogens is 304 g/mol. The molecule has 126 valence electrons. The van der Waals surface area contributed by atoms with Gasteiger partial charge in [0.15, 0.2) is 5.75 Å². The molecule has 0 atom stereocenters. The van der Waals surface area contributed by atoms with Crippen molar-refractivity contribution in [2.75, 3.05) is 11.9 Å². The molecule has 0 saturated heterocycles. The molecule has 0 aromatic heterocycles. The lowest BCUT2D eigenvalue weighted by Gasteiger charge is -2.12. The van der Waals surface area contributed by atoms with Gasteiger partial charge in [-0.1, -0.05) is 43.7 Å². The fraction of sp³-hybridized carbons (Fsp3) is 0.263. The molecule has 5 heteroatoms. The van der Waals surface area contributed by atoms with E-state index in [4.69, 9.17) is 4.74 Å². The van der Waals surface area contributed by atoms with E-state index in [0.717, 1.165) is 12.8 Å². The Labute approximate surface area is 142 Å². The number of rotatable bonds is 8. The van der Waals surface area contributed by atoms with E-state index >= 15 is 0 Å². The van der Waals surface area contributed by atoms with Crippen LogP contribution in [0.4, 0.5) is 5.69 Å². The smallest absolute Gasteiger partial charge is 0.233 e. The van der Waals surface area contributed by atoms with Crippen molar-refractivity contribution in [1.29, 1.82) is 0 Å². The maximum atomic E-state index is 12.0. The highest BCUT2D eigenvalue weighted by molar-refractivity contribution is 6.04. The Morgan fingerprint density at radius 3 is 2.42 bits per heavy atom. The molecule has 0 unspecified atom stereocenters. The minimum atomic E-state index is -0.367. The minimum Gasteiger partial charge on any atom is -0.455 e. The molecule has 0 aliphatic rings. The molecule has 2 rings (SSSR count). The monoisotopic (exact) mass is 326 g/mol. The molecule has 0 saturated carbocycles. The molecule has 0 aliphatic carbocycles. The lowest BCUT2D eigenvalue weighted by molar-refractivity contribution is -0.126. The number of para-hydroxylation sites is 3. The summed E-state index contributed by atoms with van der Waals surface area (Å²) in [6.07, 6.45) is 1.70. The molecule has 0 fully saturated rings. The third-order valence-electron chi connectivity index (χ3n) is 3.31. The maximum absolute atomic E-state index is 12.0. The third kappa shape index (κ3) is 5.76. The average Bonchev–Trinajstić information content (AvgIpc) is 2.58. The van der Waals surface area contributed by atoms with Gasteiger partial charge in [-0.05, 0) is 30.7 Å². The van der Waals surface area contributed by atoms with E-state index in [2.05, 4.69) is 10.6 Å². The summed E-state index contributed by atoms with van der Waals surface area (Å²) in [6, 6.07) is 16.4. The van der Waals surface area contributed by atoms with Crippen LogP contribution in [-0.2, 0) is 9.59 Å². The molecule has 0 heterocycles. The first kappa shape index (κ1) is 17.5. The zero-order valence-corrected chi connectivity index (χ0v) is 13.7. The van der Waals surface area contributed by atoms with Gasteiger partial charge in [-0.2, -0.15) is 0 Å². The molecule has 2 N–H and O–H groups in total. The van der Waals surface area contributed by atoms with Crippen LogP contribution in [0.3, 0.4) is 0 Å². The zero-order chi connectivity index (χ0) is 17.2. The van der Waals surface area contributed by atoms with Gasteiger partial charge in [0.2, 0.25) is 11.8 Å². The first-order valence-corrected chi connectivity index (χ1v) is 8.07. The number of unbranched alkanes of at least 4 members (excludes halogenated alkanes) is 1. The number of carbonyl (C=O) groups is 2. The molecule has 0 radical (unpaired) electrons. The summed E-state index contributed by atoms with van der Waals surface area (Å²) in [7, 11) is 0. The van der Waals surface area contributed by atoms with E-state index in [1.165, 1.54) is 0 Å². The Bertz CT molecular complexity index is 671.